The average molecular weight is 280 g/mol. The van der Waals surface area contributed by atoms with Gasteiger partial charge in [0.2, 0.25) is 0 Å². The molecule has 0 bridgehead atoms. The molecule has 0 saturated carbocycles. The molecule has 0 aliphatic carbocycles. The van der Waals surface area contributed by atoms with E-state index in [0.29, 0.717) is 0 Å². The number of benzene rings is 1. The Balaban J connectivity index is 2.17. The first-order valence-corrected chi connectivity index (χ1v) is 7.10. The number of hydrogen-bond acceptors (Lipinski definition) is 5. The van der Waals surface area contributed by atoms with Crippen molar-refractivity contribution in [2.24, 2.45) is 0 Å². The van der Waals surface area contributed by atoms with Crippen molar-refractivity contribution >= 4 is 5.69 Å². The molecule has 0 aromatic heterocycles. The molecule has 1 unspecified atom stereocenters. The van der Waals surface area contributed by atoms with Gasteiger partial charge >= 0.3 is 0 Å². The number of aliphatic hydroxyl groups excluding tert-OH is 2. The van der Waals surface area contributed by atoms with Gasteiger partial charge in [0.05, 0.1) is 19.8 Å². The SMILES string of the molecule is COc1cccc(N2CCN(CCO)CC2)c1C(C)O. The quantitative estimate of drug-likeness (QED) is 0.838. The van der Waals surface area contributed by atoms with Crippen LogP contribution in [0.1, 0.15) is 18.6 Å². The molecule has 1 aliphatic heterocycles. The summed E-state index contributed by atoms with van der Waals surface area (Å²) in [6, 6.07) is 5.87. The molecule has 20 heavy (non-hydrogen) atoms. The smallest absolute Gasteiger partial charge is 0.126 e. The minimum Gasteiger partial charge on any atom is -0.496 e. The van der Waals surface area contributed by atoms with Gasteiger partial charge in [-0.2, -0.15) is 0 Å². The number of β-amino-alcohol motifs (C(OH)–C–C–N with tert-alkyl or cyclic N) is 1. The number of rotatable bonds is 5. The van der Waals surface area contributed by atoms with Crippen LogP contribution in [0.3, 0.4) is 0 Å². The van der Waals surface area contributed by atoms with Gasteiger partial charge in [-0.15, -0.1) is 0 Å². The van der Waals surface area contributed by atoms with E-state index in [-0.39, 0.29) is 6.61 Å². The average Bonchev–Trinajstić information content (AvgIpc) is 2.47. The molecule has 1 aliphatic rings. The molecule has 1 saturated heterocycles. The molecule has 2 rings (SSSR count). The fourth-order valence-corrected chi connectivity index (χ4v) is 2.76. The number of nitrogens with zero attached hydrogens (tertiary/aromatic N) is 2. The van der Waals surface area contributed by atoms with Crippen LogP contribution in [-0.2, 0) is 0 Å². The first-order chi connectivity index (χ1) is 9.67. The predicted octanol–water partition coefficient (Wildman–Crippen LogP) is 0.863. The topological polar surface area (TPSA) is 56.2 Å². The van der Waals surface area contributed by atoms with Gasteiger partial charge in [0, 0.05) is 44.0 Å². The van der Waals surface area contributed by atoms with Crippen molar-refractivity contribution in [3.05, 3.63) is 23.8 Å². The molecule has 1 aromatic carbocycles. The maximum absolute atomic E-state index is 10.0. The van der Waals surface area contributed by atoms with E-state index in [1.807, 2.05) is 18.2 Å². The Kier molecular flexibility index (Phi) is 5.23. The standard InChI is InChI=1S/C15H24N2O3/c1-12(19)15-13(4-3-5-14(15)20-2)17-8-6-16(7-9-17)10-11-18/h3-5,12,18-19H,6-11H2,1-2H3. The summed E-state index contributed by atoms with van der Waals surface area (Å²) >= 11 is 0. The van der Waals surface area contributed by atoms with Gasteiger partial charge in [0.1, 0.15) is 5.75 Å². The van der Waals surface area contributed by atoms with Crippen LogP contribution in [0.4, 0.5) is 5.69 Å². The van der Waals surface area contributed by atoms with Gasteiger partial charge in [-0.05, 0) is 19.1 Å². The second kappa shape index (κ2) is 6.92. The number of anilines is 1. The van der Waals surface area contributed by atoms with E-state index in [1.54, 1.807) is 14.0 Å². The summed E-state index contributed by atoms with van der Waals surface area (Å²) in [7, 11) is 1.63. The fraction of sp³-hybridized carbons (Fsp3) is 0.600. The zero-order valence-corrected chi connectivity index (χ0v) is 12.2. The zero-order valence-electron chi connectivity index (χ0n) is 12.2. The van der Waals surface area contributed by atoms with Crippen molar-refractivity contribution < 1.29 is 14.9 Å². The second-order valence-corrected chi connectivity index (χ2v) is 5.12. The van der Waals surface area contributed by atoms with E-state index in [2.05, 4.69) is 9.80 Å². The van der Waals surface area contributed by atoms with E-state index >= 15 is 0 Å². The van der Waals surface area contributed by atoms with E-state index in [0.717, 1.165) is 49.7 Å². The first-order valence-electron chi connectivity index (χ1n) is 7.10. The van der Waals surface area contributed by atoms with Crippen molar-refractivity contribution in [1.29, 1.82) is 0 Å². The number of aliphatic hydroxyl groups is 2. The fourth-order valence-electron chi connectivity index (χ4n) is 2.76. The highest BCUT2D eigenvalue weighted by molar-refractivity contribution is 5.60. The first kappa shape index (κ1) is 15.1. The molecule has 2 N–H and O–H groups in total. The maximum Gasteiger partial charge on any atom is 0.126 e. The van der Waals surface area contributed by atoms with Crippen LogP contribution >= 0.6 is 0 Å². The maximum atomic E-state index is 10.0. The molecule has 1 aromatic rings. The summed E-state index contributed by atoms with van der Waals surface area (Å²) in [6.07, 6.45) is -0.559. The van der Waals surface area contributed by atoms with Crippen molar-refractivity contribution in [2.45, 2.75) is 13.0 Å². The Morgan fingerprint density at radius 2 is 1.95 bits per heavy atom. The van der Waals surface area contributed by atoms with Crippen LogP contribution in [0.2, 0.25) is 0 Å². The van der Waals surface area contributed by atoms with Crippen molar-refractivity contribution in [3.63, 3.8) is 0 Å². The minimum atomic E-state index is -0.559. The van der Waals surface area contributed by atoms with Gasteiger partial charge in [-0.25, -0.2) is 0 Å². The molecule has 1 heterocycles. The molecular weight excluding hydrogens is 256 g/mol. The number of ether oxygens (including phenoxy) is 1. The third kappa shape index (κ3) is 3.23. The van der Waals surface area contributed by atoms with Gasteiger partial charge < -0.3 is 19.8 Å². The van der Waals surface area contributed by atoms with Gasteiger partial charge in [-0.3, -0.25) is 4.90 Å². The lowest BCUT2D eigenvalue weighted by Crippen LogP contribution is -2.47. The summed E-state index contributed by atoms with van der Waals surface area (Å²) in [5.41, 5.74) is 1.90. The highest BCUT2D eigenvalue weighted by Crippen LogP contribution is 2.34. The van der Waals surface area contributed by atoms with Gasteiger partial charge in [0.25, 0.3) is 0 Å². The van der Waals surface area contributed by atoms with Gasteiger partial charge in [-0.1, -0.05) is 6.07 Å². The number of piperazine rings is 1. The Labute approximate surface area is 120 Å². The monoisotopic (exact) mass is 280 g/mol. The summed E-state index contributed by atoms with van der Waals surface area (Å²) < 4.78 is 5.37. The molecule has 1 atom stereocenters. The Morgan fingerprint density at radius 1 is 1.25 bits per heavy atom. The molecule has 5 heteroatoms. The highest BCUT2D eigenvalue weighted by atomic mass is 16.5. The number of methoxy groups -OCH3 is 1. The summed E-state index contributed by atoms with van der Waals surface area (Å²) in [4.78, 5) is 4.52. The highest BCUT2D eigenvalue weighted by Gasteiger charge is 2.22. The van der Waals surface area contributed by atoms with Crippen molar-refractivity contribution in [1.82, 2.24) is 4.90 Å². The second-order valence-electron chi connectivity index (χ2n) is 5.12. The lowest BCUT2D eigenvalue weighted by Gasteiger charge is -2.37. The van der Waals surface area contributed by atoms with Crippen LogP contribution < -0.4 is 9.64 Å². The molecular formula is C15H24N2O3. The van der Waals surface area contributed by atoms with Crippen LogP contribution in [0.5, 0.6) is 5.75 Å². The van der Waals surface area contributed by atoms with Crippen molar-refractivity contribution in [2.75, 3.05) is 51.3 Å². The zero-order chi connectivity index (χ0) is 14.5. The third-order valence-electron chi connectivity index (χ3n) is 3.81. The molecule has 112 valence electrons. The predicted molar refractivity (Wildman–Crippen MR) is 79.4 cm³/mol. The van der Waals surface area contributed by atoms with Gasteiger partial charge in [0.15, 0.2) is 0 Å². The lowest BCUT2D eigenvalue weighted by atomic mass is 10.0. The van der Waals surface area contributed by atoms with Crippen molar-refractivity contribution in [3.8, 4) is 5.75 Å². The van der Waals surface area contributed by atoms with Crippen LogP contribution in [-0.4, -0.2) is 61.6 Å². The molecule has 0 spiro atoms. The Bertz CT molecular complexity index is 429. The molecule has 5 nitrogen and oxygen atoms in total. The Morgan fingerprint density at radius 3 is 2.50 bits per heavy atom. The largest absolute Gasteiger partial charge is 0.496 e. The number of hydrogen-bond donors (Lipinski definition) is 2. The summed E-state index contributed by atoms with van der Waals surface area (Å²) in [5.74, 6) is 0.732. The normalized spacial score (nSPS) is 18.1. The Hall–Kier alpha value is -1.30. The van der Waals surface area contributed by atoms with E-state index in [9.17, 15) is 5.11 Å². The lowest BCUT2D eigenvalue weighted by molar-refractivity contribution is 0.186. The third-order valence-corrected chi connectivity index (χ3v) is 3.81. The minimum absolute atomic E-state index is 0.206. The van der Waals surface area contributed by atoms with E-state index < -0.39 is 6.10 Å². The summed E-state index contributed by atoms with van der Waals surface area (Å²) in [6.45, 7) is 6.35. The van der Waals surface area contributed by atoms with E-state index in [1.165, 1.54) is 0 Å². The molecule has 0 amide bonds. The summed E-state index contributed by atoms with van der Waals surface area (Å²) in [5, 5.41) is 19.0. The molecule has 0 radical (unpaired) electrons. The van der Waals surface area contributed by atoms with Crippen LogP contribution in [0.25, 0.3) is 0 Å². The van der Waals surface area contributed by atoms with Crippen LogP contribution in [0.15, 0.2) is 18.2 Å². The van der Waals surface area contributed by atoms with Crippen LogP contribution in [0, 0.1) is 0 Å². The van der Waals surface area contributed by atoms with E-state index in [4.69, 9.17) is 9.84 Å². The molecule has 1 fully saturated rings.